The minimum Gasteiger partial charge on any atom is -0.492 e. The number of fused-ring (bicyclic) bond motifs is 1. The third-order valence-corrected chi connectivity index (χ3v) is 3.09. The predicted molar refractivity (Wildman–Crippen MR) is 73.9 cm³/mol. The molecule has 2 heterocycles. The molecule has 0 spiro atoms. The molecule has 5 nitrogen and oxygen atoms in total. The number of benzene rings is 1. The van der Waals surface area contributed by atoms with Crippen LogP contribution in [-0.2, 0) is 6.61 Å². The number of Topliss-reactive ketones (excluding diaryl/α,β-unsaturated/α-hetero) is 1. The van der Waals surface area contributed by atoms with E-state index >= 15 is 0 Å². The second kappa shape index (κ2) is 5.21. The summed E-state index contributed by atoms with van der Waals surface area (Å²) in [5.41, 5.74) is 7.17. The highest BCUT2D eigenvalue weighted by molar-refractivity contribution is 5.99. The fourth-order valence-electron chi connectivity index (χ4n) is 2.08. The van der Waals surface area contributed by atoms with Crippen molar-refractivity contribution in [2.75, 3.05) is 12.3 Å². The van der Waals surface area contributed by atoms with E-state index in [2.05, 4.69) is 4.98 Å². The largest absolute Gasteiger partial charge is 0.492 e. The third kappa shape index (κ3) is 2.56. The number of pyridine rings is 1. The number of carbonyl (C=O) groups is 1. The summed E-state index contributed by atoms with van der Waals surface area (Å²) in [6, 6.07) is 8.87. The maximum atomic E-state index is 11.7. The molecule has 20 heavy (non-hydrogen) atoms. The van der Waals surface area contributed by atoms with Crippen molar-refractivity contribution in [1.82, 2.24) is 4.98 Å². The Morgan fingerprint density at radius 2 is 2.20 bits per heavy atom. The summed E-state index contributed by atoms with van der Waals surface area (Å²) in [7, 11) is 0. The summed E-state index contributed by atoms with van der Waals surface area (Å²) in [5, 5.41) is 0. The first-order chi connectivity index (χ1) is 9.72. The number of ketones is 1. The molecule has 102 valence electrons. The molecule has 0 saturated heterocycles. The number of rotatable bonds is 3. The van der Waals surface area contributed by atoms with E-state index in [4.69, 9.17) is 15.2 Å². The van der Waals surface area contributed by atoms with Gasteiger partial charge in [-0.2, -0.15) is 0 Å². The van der Waals surface area contributed by atoms with E-state index in [0.29, 0.717) is 42.5 Å². The van der Waals surface area contributed by atoms with Crippen LogP contribution in [0.2, 0.25) is 0 Å². The van der Waals surface area contributed by atoms with Crippen LogP contribution in [0.5, 0.6) is 11.5 Å². The van der Waals surface area contributed by atoms with Gasteiger partial charge < -0.3 is 15.2 Å². The van der Waals surface area contributed by atoms with Gasteiger partial charge in [0.2, 0.25) is 0 Å². The van der Waals surface area contributed by atoms with Gasteiger partial charge in [-0.05, 0) is 29.8 Å². The van der Waals surface area contributed by atoms with Gasteiger partial charge in [0.05, 0.1) is 12.2 Å². The van der Waals surface area contributed by atoms with Gasteiger partial charge >= 0.3 is 0 Å². The number of anilines is 1. The lowest BCUT2D eigenvalue weighted by Crippen LogP contribution is -2.15. The summed E-state index contributed by atoms with van der Waals surface area (Å²) in [4.78, 5) is 15.6. The van der Waals surface area contributed by atoms with Crippen LogP contribution in [0.15, 0.2) is 36.5 Å². The lowest BCUT2D eigenvalue weighted by molar-refractivity contribution is 0.0933. The van der Waals surface area contributed by atoms with Gasteiger partial charge in [-0.3, -0.25) is 4.79 Å². The fraction of sp³-hybridized carbons (Fsp3) is 0.200. The second-order valence-corrected chi connectivity index (χ2v) is 4.56. The molecule has 0 unspecified atom stereocenters. The van der Waals surface area contributed by atoms with Crippen LogP contribution in [0.25, 0.3) is 0 Å². The summed E-state index contributed by atoms with van der Waals surface area (Å²) in [6.45, 7) is 0.815. The zero-order valence-electron chi connectivity index (χ0n) is 10.8. The molecule has 0 saturated carbocycles. The number of carbonyl (C=O) groups excluding carboxylic acids is 1. The SMILES string of the molecule is Nc1cc(COc2ccc3c(c2)OCCC3=O)ccn1. The average Bonchev–Trinajstić information content (AvgIpc) is 2.45. The van der Waals surface area contributed by atoms with Gasteiger partial charge in [0, 0.05) is 18.7 Å². The highest BCUT2D eigenvalue weighted by Crippen LogP contribution is 2.29. The van der Waals surface area contributed by atoms with Crippen molar-refractivity contribution in [2.45, 2.75) is 13.0 Å². The quantitative estimate of drug-likeness (QED) is 0.925. The van der Waals surface area contributed by atoms with Crippen molar-refractivity contribution < 1.29 is 14.3 Å². The summed E-state index contributed by atoms with van der Waals surface area (Å²) in [5.74, 6) is 1.83. The van der Waals surface area contributed by atoms with Crippen LogP contribution in [0.3, 0.4) is 0 Å². The van der Waals surface area contributed by atoms with E-state index in [1.807, 2.05) is 6.07 Å². The Balaban J connectivity index is 1.74. The lowest BCUT2D eigenvalue weighted by Gasteiger charge is -2.17. The summed E-state index contributed by atoms with van der Waals surface area (Å²) < 4.78 is 11.1. The first-order valence-electron chi connectivity index (χ1n) is 6.35. The van der Waals surface area contributed by atoms with Crippen molar-refractivity contribution in [3.05, 3.63) is 47.7 Å². The molecule has 0 bridgehead atoms. The molecule has 1 aliphatic rings. The van der Waals surface area contributed by atoms with Crippen LogP contribution in [0, 0.1) is 0 Å². The molecule has 0 radical (unpaired) electrons. The Bertz CT molecular complexity index is 655. The monoisotopic (exact) mass is 270 g/mol. The minimum atomic E-state index is 0.111. The Kier molecular flexibility index (Phi) is 3.25. The van der Waals surface area contributed by atoms with E-state index in [1.54, 1.807) is 30.5 Å². The Morgan fingerprint density at radius 1 is 1.30 bits per heavy atom. The summed E-state index contributed by atoms with van der Waals surface area (Å²) in [6.07, 6.45) is 2.08. The maximum absolute atomic E-state index is 11.7. The number of nitrogens with zero attached hydrogens (tertiary/aromatic N) is 1. The van der Waals surface area contributed by atoms with E-state index < -0.39 is 0 Å². The van der Waals surface area contributed by atoms with E-state index in [0.717, 1.165) is 5.56 Å². The van der Waals surface area contributed by atoms with Gasteiger partial charge in [0.15, 0.2) is 5.78 Å². The van der Waals surface area contributed by atoms with E-state index in [9.17, 15) is 4.79 Å². The smallest absolute Gasteiger partial charge is 0.169 e. The highest BCUT2D eigenvalue weighted by atomic mass is 16.5. The third-order valence-electron chi connectivity index (χ3n) is 3.09. The van der Waals surface area contributed by atoms with Crippen molar-refractivity contribution in [1.29, 1.82) is 0 Å². The lowest BCUT2D eigenvalue weighted by atomic mass is 10.1. The van der Waals surface area contributed by atoms with Crippen LogP contribution < -0.4 is 15.2 Å². The average molecular weight is 270 g/mol. The molecule has 1 aromatic heterocycles. The fourth-order valence-corrected chi connectivity index (χ4v) is 2.08. The minimum absolute atomic E-state index is 0.111. The predicted octanol–water partition coefficient (Wildman–Crippen LogP) is 2.21. The van der Waals surface area contributed by atoms with Crippen LogP contribution >= 0.6 is 0 Å². The van der Waals surface area contributed by atoms with Crippen molar-refractivity contribution in [3.63, 3.8) is 0 Å². The van der Waals surface area contributed by atoms with Crippen LogP contribution in [0.4, 0.5) is 5.82 Å². The van der Waals surface area contributed by atoms with Gasteiger partial charge in [0.25, 0.3) is 0 Å². The van der Waals surface area contributed by atoms with Gasteiger partial charge in [0.1, 0.15) is 23.9 Å². The zero-order valence-corrected chi connectivity index (χ0v) is 10.8. The van der Waals surface area contributed by atoms with Crippen molar-refractivity contribution >= 4 is 11.6 Å². The molecular formula is C15H14N2O3. The number of nitrogens with two attached hydrogens (primary N) is 1. The van der Waals surface area contributed by atoms with E-state index in [1.165, 1.54) is 0 Å². The molecule has 0 fully saturated rings. The van der Waals surface area contributed by atoms with Gasteiger partial charge in [-0.25, -0.2) is 4.98 Å². The first-order valence-corrected chi connectivity index (χ1v) is 6.35. The molecule has 3 rings (SSSR count). The van der Waals surface area contributed by atoms with Crippen LogP contribution in [0.1, 0.15) is 22.3 Å². The molecule has 1 aliphatic heterocycles. The molecule has 2 N–H and O–H groups in total. The molecule has 2 aromatic rings. The Morgan fingerprint density at radius 3 is 3.05 bits per heavy atom. The number of hydrogen-bond donors (Lipinski definition) is 1. The maximum Gasteiger partial charge on any atom is 0.169 e. The van der Waals surface area contributed by atoms with Crippen molar-refractivity contribution in [2.24, 2.45) is 0 Å². The zero-order chi connectivity index (χ0) is 13.9. The number of aromatic nitrogens is 1. The Labute approximate surface area is 116 Å². The molecule has 0 atom stereocenters. The van der Waals surface area contributed by atoms with Crippen LogP contribution in [-0.4, -0.2) is 17.4 Å². The Hall–Kier alpha value is -2.56. The normalized spacial score (nSPS) is 13.5. The second-order valence-electron chi connectivity index (χ2n) is 4.56. The standard InChI is InChI=1S/C15H14N2O3/c16-15-7-10(3-5-17-15)9-20-11-1-2-12-13(18)4-6-19-14(12)8-11/h1-3,5,7-8H,4,6,9H2,(H2,16,17). The molecule has 1 aromatic carbocycles. The van der Waals surface area contributed by atoms with Gasteiger partial charge in [-0.15, -0.1) is 0 Å². The van der Waals surface area contributed by atoms with E-state index in [-0.39, 0.29) is 5.78 Å². The summed E-state index contributed by atoms with van der Waals surface area (Å²) >= 11 is 0. The molecule has 5 heteroatoms. The topological polar surface area (TPSA) is 74.4 Å². The number of ether oxygens (including phenoxy) is 2. The number of hydrogen-bond acceptors (Lipinski definition) is 5. The first kappa shape index (κ1) is 12.5. The molecule has 0 aliphatic carbocycles. The van der Waals surface area contributed by atoms with Gasteiger partial charge in [-0.1, -0.05) is 0 Å². The molecular weight excluding hydrogens is 256 g/mol. The highest BCUT2D eigenvalue weighted by Gasteiger charge is 2.18. The number of nitrogen functional groups attached to an aromatic ring is 1. The van der Waals surface area contributed by atoms with Crippen molar-refractivity contribution in [3.8, 4) is 11.5 Å². The molecule has 0 amide bonds.